The predicted octanol–water partition coefficient (Wildman–Crippen LogP) is 0.422. The molecule has 0 aliphatic carbocycles. The summed E-state index contributed by atoms with van der Waals surface area (Å²) in [6.45, 7) is 3.66. The lowest BCUT2D eigenvalue weighted by Crippen LogP contribution is -2.45. The van der Waals surface area contributed by atoms with Gasteiger partial charge >= 0.3 is 0 Å². The first-order chi connectivity index (χ1) is 11.0. The van der Waals surface area contributed by atoms with E-state index >= 15 is 0 Å². The summed E-state index contributed by atoms with van der Waals surface area (Å²) in [4.78, 5) is 25.2. The van der Waals surface area contributed by atoms with E-state index in [-0.39, 0.29) is 17.9 Å². The predicted molar refractivity (Wildman–Crippen MR) is 87.4 cm³/mol. The van der Waals surface area contributed by atoms with Crippen LogP contribution in [-0.4, -0.2) is 47.6 Å². The second kappa shape index (κ2) is 8.08. The van der Waals surface area contributed by atoms with Crippen LogP contribution in [0.5, 0.6) is 0 Å². The van der Waals surface area contributed by atoms with E-state index in [9.17, 15) is 14.7 Å². The maximum atomic E-state index is 12.1. The Bertz CT molecular complexity index is 527. The van der Waals surface area contributed by atoms with E-state index in [1.807, 2.05) is 42.2 Å². The van der Waals surface area contributed by atoms with E-state index in [0.29, 0.717) is 32.5 Å². The Morgan fingerprint density at radius 3 is 2.48 bits per heavy atom. The first kappa shape index (κ1) is 17.4. The van der Waals surface area contributed by atoms with Gasteiger partial charge in [0.1, 0.15) is 6.10 Å². The number of benzene rings is 1. The van der Waals surface area contributed by atoms with Crippen molar-refractivity contribution in [2.45, 2.75) is 31.9 Å². The third-order valence-corrected chi connectivity index (χ3v) is 4.41. The summed E-state index contributed by atoms with van der Waals surface area (Å²) in [6, 6.07) is 9.80. The standard InChI is InChI=1S/C17H25N3O3/c1-12(13-5-3-2-4-6-13)19-15(21)11-20-9-7-14(8-10-20)16(22)17(18)23/h2-6,12,14,16,22H,7-11H2,1H3,(H2,18,23)(H,19,21)/t12-,16-/m0/s1. The lowest BCUT2D eigenvalue weighted by molar-refractivity contribution is -0.130. The number of hydrogen-bond donors (Lipinski definition) is 3. The van der Waals surface area contributed by atoms with Crippen LogP contribution >= 0.6 is 0 Å². The van der Waals surface area contributed by atoms with Gasteiger partial charge in [-0.15, -0.1) is 0 Å². The van der Waals surface area contributed by atoms with Gasteiger partial charge in [-0.25, -0.2) is 0 Å². The largest absolute Gasteiger partial charge is 0.383 e. The van der Waals surface area contributed by atoms with Gasteiger partial charge in [-0.3, -0.25) is 14.5 Å². The molecule has 2 atom stereocenters. The third-order valence-electron chi connectivity index (χ3n) is 4.41. The minimum atomic E-state index is -1.08. The Morgan fingerprint density at radius 2 is 1.91 bits per heavy atom. The molecule has 1 aromatic carbocycles. The molecule has 0 saturated carbocycles. The lowest BCUT2D eigenvalue weighted by atomic mass is 9.91. The minimum Gasteiger partial charge on any atom is -0.383 e. The van der Waals surface area contributed by atoms with Gasteiger partial charge in [0.15, 0.2) is 0 Å². The Balaban J connectivity index is 1.76. The third kappa shape index (κ3) is 5.04. The van der Waals surface area contributed by atoms with Crippen LogP contribution < -0.4 is 11.1 Å². The zero-order valence-electron chi connectivity index (χ0n) is 13.4. The molecule has 2 rings (SSSR count). The van der Waals surface area contributed by atoms with E-state index in [1.54, 1.807) is 0 Å². The molecule has 0 aromatic heterocycles. The van der Waals surface area contributed by atoms with Crippen molar-refractivity contribution >= 4 is 11.8 Å². The number of nitrogens with zero attached hydrogens (tertiary/aromatic N) is 1. The molecule has 1 fully saturated rings. The molecule has 0 unspecified atom stereocenters. The summed E-state index contributed by atoms with van der Waals surface area (Å²) >= 11 is 0. The summed E-state index contributed by atoms with van der Waals surface area (Å²) in [6.07, 6.45) is 0.265. The monoisotopic (exact) mass is 319 g/mol. The van der Waals surface area contributed by atoms with Gasteiger partial charge in [0.25, 0.3) is 0 Å². The number of nitrogens with two attached hydrogens (primary N) is 1. The molecule has 4 N–H and O–H groups in total. The first-order valence-corrected chi connectivity index (χ1v) is 8.01. The second-order valence-corrected chi connectivity index (χ2v) is 6.16. The highest BCUT2D eigenvalue weighted by Gasteiger charge is 2.29. The SMILES string of the molecule is C[C@H](NC(=O)CN1CCC([C@H](O)C(N)=O)CC1)c1ccccc1. The van der Waals surface area contributed by atoms with Crippen LogP contribution in [0.2, 0.25) is 0 Å². The minimum absolute atomic E-state index is 0.0183. The van der Waals surface area contributed by atoms with Crippen LogP contribution in [-0.2, 0) is 9.59 Å². The molecule has 6 nitrogen and oxygen atoms in total. The van der Waals surface area contributed by atoms with Gasteiger partial charge in [0, 0.05) is 0 Å². The topological polar surface area (TPSA) is 95.7 Å². The van der Waals surface area contributed by atoms with E-state index in [0.717, 1.165) is 5.56 Å². The van der Waals surface area contributed by atoms with E-state index in [1.165, 1.54) is 0 Å². The van der Waals surface area contributed by atoms with Crippen molar-refractivity contribution in [2.24, 2.45) is 11.7 Å². The van der Waals surface area contributed by atoms with Gasteiger partial charge < -0.3 is 16.2 Å². The van der Waals surface area contributed by atoms with Crippen molar-refractivity contribution in [3.63, 3.8) is 0 Å². The van der Waals surface area contributed by atoms with Crippen molar-refractivity contribution in [3.05, 3.63) is 35.9 Å². The molecule has 6 heteroatoms. The van der Waals surface area contributed by atoms with E-state index in [4.69, 9.17) is 5.73 Å². The molecular formula is C17H25N3O3. The van der Waals surface area contributed by atoms with Crippen LogP contribution in [0.1, 0.15) is 31.4 Å². The molecule has 2 amide bonds. The number of piperidine rings is 1. The first-order valence-electron chi connectivity index (χ1n) is 8.01. The summed E-state index contributed by atoms with van der Waals surface area (Å²) in [5.41, 5.74) is 6.20. The average molecular weight is 319 g/mol. The Labute approximate surface area is 136 Å². The number of aliphatic hydroxyl groups excluding tert-OH is 1. The highest BCUT2D eigenvalue weighted by atomic mass is 16.3. The number of hydrogen-bond acceptors (Lipinski definition) is 4. The molecular weight excluding hydrogens is 294 g/mol. The van der Waals surface area contributed by atoms with Crippen molar-refractivity contribution in [1.82, 2.24) is 10.2 Å². The summed E-state index contributed by atoms with van der Waals surface area (Å²) in [5.74, 6) is -0.789. The van der Waals surface area contributed by atoms with Gasteiger partial charge in [0.05, 0.1) is 12.6 Å². The van der Waals surface area contributed by atoms with Crippen LogP contribution in [0, 0.1) is 5.92 Å². The highest BCUT2D eigenvalue weighted by Crippen LogP contribution is 2.20. The quantitative estimate of drug-likeness (QED) is 0.708. The fraction of sp³-hybridized carbons (Fsp3) is 0.529. The number of primary amides is 1. The summed E-state index contributed by atoms with van der Waals surface area (Å²) in [5, 5.41) is 12.7. The van der Waals surface area contributed by atoms with E-state index in [2.05, 4.69) is 5.32 Å². The molecule has 0 radical (unpaired) electrons. The zero-order chi connectivity index (χ0) is 16.8. The molecule has 1 heterocycles. The Morgan fingerprint density at radius 1 is 1.30 bits per heavy atom. The van der Waals surface area contributed by atoms with Gasteiger partial charge in [0.2, 0.25) is 11.8 Å². The molecule has 0 bridgehead atoms. The van der Waals surface area contributed by atoms with Gasteiger partial charge in [-0.2, -0.15) is 0 Å². The second-order valence-electron chi connectivity index (χ2n) is 6.16. The molecule has 126 valence electrons. The van der Waals surface area contributed by atoms with Gasteiger partial charge in [-0.05, 0) is 44.3 Å². The Kier molecular flexibility index (Phi) is 6.12. The molecule has 23 heavy (non-hydrogen) atoms. The van der Waals surface area contributed by atoms with E-state index < -0.39 is 12.0 Å². The molecule has 1 aromatic rings. The number of likely N-dealkylation sites (tertiary alicyclic amines) is 1. The van der Waals surface area contributed by atoms with Crippen LogP contribution in [0.25, 0.3) is 0 Å². The van der Waals surface area contributed by atoms with Crippen LogP contribution in [0.4, 0.5) is 0 Å². The molecule has 1 aliphatic rings. The lowest BCUT2D eigenvalue weighted by Gasteiger charge is -2.33. The summed E-state index contributed by atoms with van der Waals surface area (Å²) in [7, 11) is 0. The molecule has 0 spiro atoms. The normalized spacial score (nSPS) is 19.0. The van der Waals surface area contributed by atoms with Crippen LogP contribution in [0.15, 0.2) is 30.3 Å². The molecule has 1 saturated heterocycles. The smallest absolute Gasteiger partial charge is 0.246 e. The fourth-order valence-corrected chi connectivity index (χ4v) is 2.97. The number of rotatable bonds is 6. The number of amides is 2. The van der Waals surface area contributed by atoms with Crippen molar-refractivity contribution < 1.29 is 14.7 Å². The zero-order valence-corrected chi connectivity index (χ0v) is 13.4. The highest BCUT2D eigenvalue weighted by molar-refractivity contribution is 5.79. The van der Waals surface area contributed by atoms with Crippen molar-refractivity contribution in [3.8, 4) is 0 Å². The summed E-state index contributed by atoms with van der Waals surface area (Å²) < 4.78 is 0. The van der Waals surface area contributed by atoms with Crippen molar-refractivity contribution in [1.29, 1.82) is 0 Å². The fourth-order valence-electron chi connectivity index (χ4n) is 2.97. The van der Waals surface area contributed by atoms with Crippen LogP contribution in [0.3, 0.4) is 0 Å². The Hall–Kier alpha value is -1.92. The number of nitrogens with one attached hydrogen (secondary N) is 1. The number of carbonyl (C=O) groups excluding carboxylic acids is 2. The number of aliphatic hydroxyl groups is 1. The van der Waals surface area contributed by atoms with Gasteiger partial charge in [-0.1, -0.05) is 30.3 Å². The maximum absolute atomic E-state index is 12.1. The average Bonchev–Trinajstić information content (AvgIpc) is 2.55. The molecule has 1 aliphatic heterocycles. The maximum Gasteiger partial charge on any atom is 0.246 e. The number of carbonyl (C=O) groups is 2. The van der Waals surface area contributed by atoms with Crippen molar-refractivity contribution in [2.75, 3.05) is 19.6 Å².